The Hall–Kier alpha value is -0.160. The summed E-state index contributed by atoms with van der Waals surface area (Å²) < 4.78 is 11.0. The predicted molar refractivity (Wildman–Crippen MR) is 65.6 cm³/mol. The number of nitrogens with one attached hydrogen (secondary N) is 1. The Balaban J connectivity index is 2.10. The quantitative estimate of drug-likeness (QED) is 0.709. The largest absolute Gasteiger partial charge is 0.351 e. The van der Waals surface area contributed by atoms with Crippen molar-refractivity contribution in [2.75, 3.05) is 39.4 Å². The molecule has 96 valence electrons. The zero-order valence-electron chi connectivity index (χ0n) is 10.9. The maximum atomic E-state index is 5.49. The van der Waals surface area contributed by atoms with E-state index in [0.29, 0.717) is 6.04 Å². The Kier molecular flexibility index (Phi) is 6.96. The van der Waals surface area contributed by atoms with E-state index in [2.05, 4.69) is 31.0 Å². The highest BCUT2D eigenvalue weighted by atomic mass is 16.7. The predicted octanol–water partition coefficient (Wildman–Crippen LogP) is 1.07. The topological polar surface area (TPSA) is 33.7 Å². The van der Waals surface area contributed by atoms with Gasteiger partial charge in [-0.05, 0) is 26.4 Å². The van der Waals surface area contributed by atoms with E-state index in [0.717, 1.165) is 45.8 Å². The van der Waals surface area contributed by atoms with Crippen LogP contribution in [-0.2, 0) is 9.47 Å². The molecule has 1 fully saturated rings. The summed E-state index contributed by atoms with van der Waals surface area (Å²) >= 11 is 0. The Morgan fingerprint density at radius 2 is 1.88 bits per heavy atom. The Labute approximate surface area is 99.3 Å². The van der Waals surface area contributed by atoms with Crippen LogP contribution < -0.4 is 5.32 Å². The van der Waals surface area contributed by atoms with E-state index in [1.165, 1.54) is 0 Å². The molecule has 1 rings (SSSR count). The van der Waals surface area contributed by atoms with Gasteiger partial charge >= 0.3 is 0 Å². The van der Waals surface area contributed by atoms with Crippen LogP contribution >= 0.6 is 0 Å². The summed E-state index contributed by atoms with van der Waals surface area (Å²) in [7, 11) is 0. The van der Waals surface area contributed by atoms with Gasteiger partial charge < -0.3 is 19.7 Å². The Bertz CT molecular complexity index is 168. The first kappa shape index (κ1) is 13.9. The number of rotatable bonds is 7. The van der Waals surface area contributed by atoms with Gasteiger partial charge in [-0.3, -0.25) is 0 Å². The molecule has 0 amide bonds. The fourth-order valence-electron chi connectivity index (χ4n) is 1.89. The van der Waals surface area contributed by atoms with E-state index in [9.17, 15) is 0 Å². The molecule has 1 N–H and O–H groups in total. The van der Waals surface area contributed by atoms with E-state index in [4.69, 9.17) is 9.47 Å². The van der Waals surface area contributed by atoms with Crippen LogP contribution in [0.4, 0.5) is 0 Å². The molecule has 16 heavy (non-hydrogen) atoms. The van der Waals surface area contributed by atoms with Crippen molar-refractivity contribution in [2.24, 2.45) is 0 Å². The van der Waals surface area contributed by atoms with Crippen LogP contribution in [0.2, 0.25) is 0 Å². The SMILES string of the molecule is CCN(CC)CC(C)NCC1OCCCO1. The van der Waals surface area contributed by atoms with Crippen LogP contribution in [0.25, 0.3) is 0 Å². The molecule has 4 heteroatoms. The summed E-state index contributed by atoms with van der Waals surface area (Å²) in [6.45, 7) is 12.4. The minimum Gasteiger partial charge on any atom is -0.351 e. The minimum absolute atomic E-state index is 0.0482. The molecular formula is C12H26N2O2. The van der Waals surface area contributed by atoms with E-state index < -0.39 is 0 Å². The average Bonchev–Trinajstić information content (AvgIpc) is 2.34. The molecule has 0 spiro atoms. The van der Waals surface area contributed by atoms with Crippen molar-refractivity contribution in [3.63, 3.8) is 0 Å². The Morgan fingerprint density at radius 3 is 2.44 bits per heavy atom. The van der Waals surface area contributed by atoms with Gasteiger partial charge in [0.1, 0.15) is 0 Å². The molecule has 0 aromatic carbocycles. The molecule has 0 saturated carbocycles. The van der Waals surface area contributed by atoms with Crippen molar-refractivity contribution in [2.45, 2.75) is 39.5 Å². The highest BCUT2D eigenvalue weighted by Crippen LogP contribution is 2.03. The summed E-state index contributed by atoms with van der Waals surface area (Å²) in [5.74, 6) is 0. The number of likely N-dealkylation sites (N-methyl/N-ethyl adjacent to an activating group) is 1. The van der Waals surface area contributed by atoms with Gasteiger partial charge in [0.2, 0.25) is 0 Å². The van der Waals surface area contributed by atoms with Gasteiger partial charge in [0, 0.05) is 19.1 Å². The van der Waals surface area contributed by atoms with Gasteiger partial charge in [0.25, 0.3) is 0 Å². The van der Waals surface area contributed by atoms with Gasteiger partial charge in [0.15, 0.2) is 6.29 Å². The van der Waals surface area contributed by atoms with E-state index in [1.54, 1.807) is 0 Å². The third kappa shape index (κ3) is 5.25. The Morgan fingerprint density at radius 1 is 1.25 bits per heavy atom. The monoisotopic (exact) mass is 230 g/mol. The van der Waals surface area contributed by atoms with Crippen molar-refractivity contribution < 1.29 is 9.47 Å². The standard InChI is InChI=1S/C12H26N2O2/c1-4-14(5-2)10-11(3)13-9-12-15-7-6-8-16-12/h11-13H,4-10H2,1-3H3. The van der Waals surface area contributed by atoms with Crippen LogP contribution in [0, 0.1) is 0 Å². The fraction of sp³-hybridized carbons (Fsp3) is 1.00. The summed E-state index contributed by atoms with van der Waals surface area (Å²) in [6, 6.07) is 0.481. The van der Waals surface area contributed by atoms with Gasteiger partial charge in [-0.15, -0.1) is 0 Å². The van der Waals surface area contributed by atoms with Crippen LogP contribution in [-0.4, -0.2) is 56.6 Å². The second-order valence-electron chi connectivity index (χ2n) is 4.32. The average molecular weight is 230 g/mol. The smallest absolute Gasteiger partial charge is 0.169 e. The van der Waals surface area contributed by atoms with Gasteiger partial charge in [-0.25, -0.2) is 0 Å². The van der Waals surface area contributed by atoms with Gasteiger partial charge in [0.05, 0.1) is 13.2 Å². The lowest BCUT2D eigenvalue weighted by molar-refractivity contribution is -0.175. The van der Waals surface area contributed by atoms with Gasteiger partial charge in [-0.1, -0.05) is 13.8 Å². The minimum atomic E-state index is -0.0482. The van der Waals surface area contributed by atoms with E-state index >= 15 is 0 Å². The lowest BCUT2D eigenvalue weighted by Gasteiger charge is -2.27. The zero-order chi connectivity index (χ0) is 11.8. The van der Waals surface area contributed by atoms with E-state index in [-0.39, 0.29) is 6.29 Å². The van der Waals surface area contributed by atoms with Crippen molar-refractivity contribution in [1.29, 1.82) is 0 Å². The summed E-state index contributed by atoms with van der Waals surface area (Å²) in [5, 5.41) is 3.46. The summed E-state index contributed by atoms with van der Waals surface area (Å²) in [6.07, 6.45) is 0.971. The lowest BCUT2D eigenvalue weighted by Crippen LogP contribution is -2.44. The first-order valence-corrected chi connectivity index (χ1v) is 6.45. The highest BCUT2D eigenvalue weighted by molar-refractivity contribution is 4.67. The lowest BCUT2D eigenvalue weighted by atomic mass is 10.3. The van der Waals surface area contributed by atoms with Crippen molar-refractivity contribution in [3.8, 4) is 0 Å². The number of hydrogen-bond donors (Lipinski definition) is 1. The number of hydrogen-bond acceptors (Lipinski definition) is 4. The molecule has 1 aliphatic heterocycles. The third-order valence-corrected chi connectivity index (χ3v) is 2.96. The molecule has 0 aromatic heterocycles. The highest BCUT2D eigenvalue weighted by Gasteiger charge is 2.15. The number of ether oxygens (including phenoxy) is 2. The zero-order valence-corrected chi connectivity index (χ0v) is 10.9. The second-order valence-corrected chi connectivity index (χ2v) is 4.32. The van der Waals surface area contributed by atoms with E-state index in [1.807, 2.05) is 0 Å². The van der Waals surface area contributed by atoms with Crippen LogP contribution in [0.3, 0.4) is 0 Å². The maximum Gasteiger partial charge on any atom is 0.169 e. The molecule has 1 saturated heterocycles. The van der Waals surface area contributed by atoms with Crippen molar-refractivity contribution >= 4 is 0 Å². The molecule has 0 radical (unpaired) electrons. The summed E-state index contributed by atoms with van der Waals surface area (Å²) in [5.41, 5.74) is 0. The molecule has 1 atom stereocenters. The third-order valence-electron chi connectivity index (χ3n) is 2.96. The molecule has 1 unspecified atom stereocenters. The first-order chi connectivity index (χ1) is 7.76. The molecule has 0 bridgehead atoms. The normalized spacial score (nSPS) is 20.2. The first-order valence-electron chi connectivity index (χ1n) is 6.45. The molecular weight excluding hydrogens is 204 g/mol. The molecule has 1 heterocycles. The van der Waals surface area contributed by atoms with Crippen LogP contribution in [0.5, 0.6) is 0 Å². The number of nitrogens with zero attached hydrogens (tertiary/aromatic N) is 1. The molecule has 4 nitrogen and oxygen atoms in total. The summed E-state index contributed by atoms with van der Waals surface area (Å²) in [4.78, 5) is 2.42. The molecule has 0 aromatic rings. The maximum absolute atomic E-state index is 5.49. The molecule has 1 aliphatic rings. The molecule has 0 aliphatic carbocycles. The second kappa shape index (κ2) is 8.01. The van der Waals surface area contributed by atoms with Crippen LogP contribution in [0.1, 0.15) is 27.2 Å². The fourth-order valence-corrected chi connectivity index (χ4v) is 1.89. The van der Waals surface area contributed by atoms with Gasteiger partial charge in [-0.2, -0.15) is 0 Å². The van der Waals surface area contributed by atoms with Crippen molar-refractivity contribution in [3.05, 3.63) is 0 Å². The van der Waals surface area contributed by atoms with Crippen LogP contribution in [0.15, 0.2) is 0 Å². The van der Waals surface area contributed by atoms with Crippen molar-refractivity contribution in [1.82, 2.24) is 10.2 Å².